The molecule has 1 atom stereocenters. The molecule has 2 rings (SSSR count). The Labute approximate surface area is 118 Å². The van der Waals surface area contributed by atoms with Crippen LogP contribution in [0.1, 0.15) is 22.7 Å². The Morgan fingerprint density at radius 1 is 1.11 bits per heavy atom. The first-order valence-electron chi connectivity index (χ1n) is 5.71. The molecule has 0 radical (unpaired) electrons. The van der Waals surface area contributed by atoms with Gasteiger partial charge in [0.15, 0.2) is 11.6 Å². The average Bonchev–Trinajstić information content (AvgIpc) is 2.40. The van der Waals surface area contributed by atoms with Gasteiger partial charge < -0.3 is 0 Å². The third kappa shape index (κ3) is 2.68. The predicted molar refractivity (Wildman–Crippen MR) is 74.4 cm³/mol. The summed E-state index contributed by atoms with van der Waals surface area (Å²) in [5.74, 6) is 3.74. The molecule has 100 valence electrons. The molecule has 0 amide bonds. The largest absolute Gasteiger partial charge is 0.271 e. The Morgan fingerprint density at radius 2 is 1.74 bits per heavy atom. The second kappa shape index (κ2) is 5.77. The molecule has 0 bridgehead atoms. The maximum absolute atomic E-state index is 13.9. The highest BCUT2D eigenvalue weighted by atomic mass is 79.9. The molecule has 0 spiro atoms. The first-order valence-corrected chi connectivity index (χ1v) is 6.50. The van der Waals surface area contributed by atoms with E-state index in [1.165, 1.54) is 12.1 Å². The topological polar surface area (TPSA) is 38.0 Å². The van der Waals surface area contributed by atoms with Crippen molar-refractivity contribution in [2.75, 3.05) is 0 Å². The maximum atomic E-state index is 13.9. The lowest BCUT2D eigenvalue weighted by molar-refractivity contribution is 0.483. The molecule has 0 saturated heterocycles. The fourth-order valence-corrected chi connectivity index (χ4v) is 2.48. The van der Waals surface area contributed by atoms with Crippen molar-refractivity contribution in [3.8, 4) is 0 Å². The smallest absolute Gasteiger partial charge is 0.163 e. The number of halogens is 3. The summed E-state index contributed by atoms with van der Waals surface area (Å²) in [4.78, 5) is 0. The lowest BCUT2D eigenvalue weighted by Crippen LogP contribution is -2.30. The molecule has 19 heavy (non-hydrogen) atoms. The normalized spacial score (nSPS) is 12.5. The van der Waals surface area contributed by atoms with Crippen molar-refractivity contribution in [3.05, 3.63) is 69.2 Å². The van der Waals surface area contributed by atoms with E-state index in [4.69, 9.17) is 5.84 Å². The second-order valence-electron chi connectivity index (χ2n) is 4.22. The number of aryl methyl sites for hydroxylation is 1. The zero-order valence-electron chi connectivity index (χ0n) is 10.3. The van der Waals surface area contributed by atoms with Gasteiger partial charge in [-0.3, -0.25) is 5.84 Å². The first-order chi connectivity index (χ1) is 9.06. The standard InChI is InChI=1S/C14H13BrF2N2/c1-8-4-2-5-9(12(8)15)14(19-18)10-6-3-7-11(16)13(10)17/h2-7,14,19H,18H2,1H3. The van der Waals surface area contributed by atoms with Crippen LogP contribution in [0, 0.1) is 18.6 Å². The molecule has 0 aromatic heterocycles. The van der Waals surface area contributed by atoms with Crippen LogP contribution < -0.4 is 11.3 Å². The Morgan fingerprint density at radius 3 is 2.42 bits per heavy atom. The van der Waals surface area contributed by atoms with Gasteiger partial charge in [0.2, 0.25) is 0 Å². The second-order valence-corrected chi connectivity index (χ2v) is 5.01. The molecule has 0 heterocycles. The fraction of sp³-hybridized carbons (Fsp3) is 0.143. The summed E-state index contributed by atoms with van der Waals surface area (Å²) in [6, 6.07) is 9.01. The van der Waals surface area contributed by atoms with Crippen molar-refractivity contribution >= 4 is 15.9 Å². The van der Waals surface area contributed by atoms with E-state index in [0.717, 1.165) is 21.7 Å². The van der Waals surface area contributed by atoms with E-state index in [-0.39, 0.29) is 5.56 Å². The van der Waals surface area contributed by atoms with Gasteiger partial charge in [-0.15, -0.1) is 0 Å². The molecule has 2 nitrogen and oxygen atoms in total. The summed E-state index contributed by atoms with van der Waals surface area (Å²) in [6.07, 6.45) is 0. The van der Waals surface area contributed by atoms with Crippen molar-refractivity contribution in [3.63, 3.8) is 0 Å². The molecule has 3 N–H and O–H groups in total. The van der Waals surface area contributed by atoms with E-state index < -0.39 is 17.7 Å². The van der Waals surface area contributed by atoms with E-state index in [9.17, 15) is 8.78 Å². The van der Waals surface area contributed by atoms with E-state index in [0.29, 0.717) is 0 Å². The van der Waals surface area contributed by atoms with Crippen LogP contribution in [0.15, 0.2) is 40.9 Å². The minimum Gasteiger partial charge on any atom is -0.271 e. The van der Waals surface area contributed by atoms with Crippen LogP contribution >= 0.6 is 15.9 Å². The van der Waals surface area contributed by atoms with Crippen molar-refractivity contribution in [1.29, 1.82) is 0 Å². The molecule has 5 heteroatoms. The molecular weight excluding hydrogens is 314 g/mol. The number of hydrogen-bond donors (Lipinski definition) is 2. The van der Waals surface area contributed by atoms with Gasteiger partial charge in [0, 0.05) is 10.0 Å². The number of nitrogens with two attached hydrogens (primary N) is 1. The number of rotatable bonds is 3. The monoisotopic (exact) mass is 326 g/mol. The van der Waals surface area contributed by atoms with Crippen LogP contribution in [0.3, 0.4) is 0 Å². The van der Waals surface area contributed by atoms with E-state index in [2.05, 4.69) is 21.4 Å². The molecule has 0 aliphatic carbocycles. The third-order valence-electron chi connectivity index (χ3n) is 2.99. The van der Waals surface area contributed by atoms with Crippen LogP contribution in [0.2, 0.25) is 0 Å². The van der Waals surface area contributed by atoms with Gasteiger partial charge in [-0.25, -0.2) is 14.2 Å². The SMILES string of the molecule is Cc1cccc(C(NN)c2cccc(F)c2F)c1Br. The van der Waals surface area contributed by atoms with Crippen molar-refractivity contribution in [2.45, 2.75) is 13.0 Å². The Hall–Kier alpha value is -1.30. The van der Waals surface area contributed by atoms with Gasteiger partial charge in [0.05, 0.1) is 6.04 Å². The van der Waals surface area contributed by atoms with Crippen molar-refractivity contribution in [2.24, 2.45) is 5.84 Å². The summed E-state index contributed by atoms with van der Waals surface area (Å²) >= 11 is 3.45. The van der Waals surface area contributed by atoms with Gasteiger partial charge >= 0.3 is 0 Å². The molecule has 0 aliphatic rings. The van der Waals surface area contributed by atoms with Crippen LogP contribution in [0.5, 0.6) is 0 Å². The zero-order valence-corrected chi connectivity index (χ0v) is 11.8. The first kappa shape index (κ1) is 14.1. The Kier molecular flexibility index (Phi) is 4.29. The van der Waals surface area contributed by atoms with Crippen LogP contribution in [-0.4, -0.2) is 0 Å². The maximum Gasteiger partial charge on any atom is 0.163 e. The molecule has 0 fully saturated rings. The average molecular weight is 327 g/mol. The highest BCUT2D eigenvalue weighted by Gasteiger charge is 2.21. The predicted octanol–water partition coefficient (Wildman–Crippen LogP) is 3.59. The fourth-order valence-electron chi connectivity index (χ4n) is 1.98. The summed E-state index contributed by atoms with van der Waals surface area (Å²) in [7, 11) is 0. The number of hydrazine groups is 1. The minimum atomic E-state index is -0.890. The minimum absolute atomic E-state index is 0.175. The third-order valence-corrected chi connectivity index (χ3v) is 4.08. The lowest BCUT2D eigenvalue weighted by Gasteiger charge is -2.20. The molecular formula is C14H13BrF2N2. The molecule has 0 aliphatic heterocycles. The number of nitrogens with one attached hydrogen (secondary N) is 1. The highest BCUT2D eigenvalue weighted by molar-refractivity contribution is 9.10. The number of hydrogen-bond acceptors (Lipinski definition) is 2. The summed E-state index contributed by atoms with van der Waals surface area (Å²) < 4.78 is 28.0. The van der Waals surface area contributed by atoms with Gasteiger partial charge in [-0.2, -0.15) is 0 Å². The lowest BCUT2D eigenvalue weighted by atomic mass is 9.97. The van der Waals surface area contributed by atoms with Gasteiger partial charge in [0.25, 0.3) is 0 Å². The quantitative estimate of drug-likeness (QED) is 0.668. The van der Waals surface area contributed by atoms with Crippen LogP contribution in [0.4, 0.5) is 8.78 Å². The molecule has 1 unspecified atom stereocenters. The zero-order chi connectivity index (χ0) is 14.0. The molecule has 2 aromatic carbocycles. The summed E-state index contributed by atoms with van der Waals surface area (Å²) in [5, 5.41) is 0. The van der Waals surface area contributed by atoms with Crippen molar-refractivity contribution < 1.29 is 8.78 Å². The summed E-state index contributed by atoms with van der Waals surface area (Å²) in [6.45, 7) is 1.92. The Balaban J connectivity index is 2.57. The Bertz CT molecular complexity index is 550. The number of benzene rings is 2. The van der Waals surface area contributed by atoms with Crippen LogP contribution in [0.25, 0.3) is 0 Å². The van der Waals surface area contributed by atoms with Crippen LogP contribution in [-0.2, 0) is 0 Å². The highest BCUT2D eigenvalue weighted by Crippen LogP contribution is 2.31. The van der Waals surface area contributed by atoms with E-state index >= 15 is 0 Å². The summed E-state index contributed by atoms with van der Waals surface area (Å²) in [5.41, 5.74) is 4.46. The van der Waals surface area contributed by atoms with Crippen molar-refractivity contribution in [1.82, 2.24) is 5.43 Å². The van der Waals surface area contributed by atoms with Gasteiger partial charge in [0.1, 0.15) is 0 Å². The van der Waals surface area contributed by atoms with E-state index in [1.54, 1.807) is 0 Å². The van der Waals surface area contributed by atoms with Gasteiger partial charge in [-0.1, -0.05) is 46.3 Å². The van der Waals surface area contributed by atoms with E-state index in [1.807, 2.05) is 25.1 Å². The molecule has 0 saturated carbocycles. The van der Waals surface area contributed by atoms with Gasteiger partial charge in [-0.05, 0) is 24.1 Å². The molecule has 2 aromatic rings.